The molecule has 1 amide bonds. The Hall–Kier alpha value is -2.93. The van der Waals surface area contributed by atoms with Gasteiger partial charge in [0, 0.05) is 32.0 Å². The molecule has 0 saturated carbocycles. The smallest absolute Gasteiger partial charge is 0.410 e. The Bertz CT molecular complexity index is 1080. The molecule has 0 bridgehead atoms. The Morgan fingerprint density at radius 1 is 1.29 bits per heavy atom. The van der Waals surface area contributed by atoms with Gasteiger partial charge in [-0.2, -0.15) is 9.94 Å². The van der Waals surface area contributed by atoms with Gasteiger partial charge >= 0.3 is 6.09 Å². The third-order valence-electron chi connectivity index (χ3n) is 4.54. The van der Waals surface area contributed by atoms with Gasteiger partial charge in [-0.25, -0.2) is 9.18 Å². The number of likely N-dealkylation sites (tertiary alicyclic amines) is 1. The summed E-state index contributed by atoms with van der Waals surface area (Å²) in [7, 11) is 0. The first kappa shape index (κ1) is 22.7. The van der Waals surface area contributed by atoms with E-state index < -0.39 is 17.0 Å². The number of hydrogen-bond donors (Lipinski definition) is 0. The zero-order valence-corrected chi connectivity index (χ0v) is 19.0. The molecule has 0 aliphatic carbocycles. The highest BCUT2D eigenvalue weighted by molar-refractivity contribution is 9.10. The van der Waals surface area contributed by atoms with Crippen molar-refractivity contribution >= 4 is 22.0 Å². The summed E-state index contributed by atoms with van der Waals surface area (Å²) in [4.78, 5) is 26.3. The Morgan fingerprint density at radius 2 is 1.97 bits per heavy atom. The van der Waals surface area contributed by atoms with Crippen LogP contribution in [0.4, 0.5) is 9.18 Å². The van der Waals surface area contributed by atoms with Crippen LogP contribution in [0.15, 0.2) is 33.5 Å². The molecule has 10 heteroatoms. The molecule has 0 spiro atoms. The van der Waals surface area contributed by atoms with Gasteiger partial charge in [0.2, 0.25) is 5.69 Å². The number of nitriles is 1. The normalized spacial score (nSPS) is 14.8. The fraction of sp³-hybridized carbons (Fsp3) is 0.429. The van der Waals surface area contributed by atoms with E-state index in [1.54, 1.807) is 4.90 Å². The number of carbonyl (C=O) groups is 1. The predicted octanol–water partition coefficient (Wildman–Crippen LogP) is 3.78. The van der Waals surface area contributed by atoms with Gasteiger partial charge < -0.3 is 14.4 Å². The zero-order valence-electron chi connectivity index (χ0n) is 17.4. The van der Waals surface area contributed by atoms with Crippen LogP contribution in [-0.4, -0.2) is 45.6 Å². The maximum atomic E-state index is 13.8. The Kier molecular flexibility index (Phi) is 6.65. The lowest BCUT2D eigenvalue weighted by Crippen LogP contribution is -2.44. The number of halogens is 2. The molecule has 8 nitrogen and oxygen atoms in total. The number of benzene rings is 1. The lowest BCUT2D eigenvalue weighted by atomic mass is 10.1. The van der Waals surface area contributed by atoms with E-state index in [9.17, 15) is 19.2 Å². The highest BCUT2D eigenvalue weighted by atomic mass is 79.9. The van der Waals surface area contributed by atoms with Crippen LogP contribution in [0, 0.1) is 17.1 Å². The maximum absolute atomic E-state index is 13.8. The van der Waals surface area contributed by atoms with Crippen LogP contribution in [0.2, 0.25) is 0 Å². The Morgan fingerprint density at radius 3 is 2.55 bits per heavy atom. The van der Waals surface area contributed by atoms with Gasteiger partial charge in [0.05, 0.1) is 16.2 Å². The standard InChI is InChI=1S/C21H22BrFN4O4/c1-21(2,3)31-20(29)26-8-6-14(7-9-26)30-18-11-19(28)27(25-17(18)12-24)13-4-5-15(22)16(23)10-13/h4-5,10-11,14H,6-9H2,1-3H3. The molecule has 164 valence electrons. The van der Waals surface area contributed by atoms with Crippen molar-refractivity contribution in [2.75, 3.05) is 13.1 Å². The second-order valence-electron chi connectivity index (χ2n) is 8.10. The van der Waals surface area contributed by atoms with E-state index in [4.69, 9.17) is 9.47 Å². The maximum Gasteiger partial charge on any atom is 0.410 e. The van der Waals surface area contributed by atoms with Gasteiger partial charge in [0.15, 0.2) is 5.75 Å². The lowest BCUT2D eigenvalue weighted by Gasteiger charge is -2.33. The molecule has 3 rings (SSSR count). The summed E-state index contributed by atoms with van der Waals surface area (Å²) in [6.45, 7) is 6.29. The fourth-order valence-electron chi connectivity index (χ4n) is 3.07. The van der Waals surface area contributed by atoms with Gasteiger partial charge in [0.1, 0.15) is 23.6 Å². The summed E-state index contributed by atoms with van der Waals surface area (Å²) in [6, 6.07) is 7.20. The van der Waals surface area contributed by atoms with Crippen LogP contribution in [0.3, 0.4) is 0 Å². The van der Waals surface area contributed by atoms with Crippen molar-refractivity contribution < 1.29 is 18.7 Å². The van der Waals surface area contributed by atoms with Crippen molar-refractivity contribution in [2.45, 2.75) is 45.3 Å². The van der Waals surface area contributed by atoms with E-state index in [-0.39, 0.29) is 33.8 Å². The van der Waals surface area contributed by atoms with Gasteiger partial charge in [-0.05, 0) is 48.8 Å². The van der Waals surface area contributed by atoms with Crippen molar-refractivity contribution in [1.29, 1.82) is 5.26 Å². The number of amides is 1. The van der Waals surface area contributed by atoms with E-state index in [1.807, 2.05) is 26.8 Å². The minimum atomic E-state index is -0.570. The molecule has 1 aliphatic rings. The number of piperidine rings is 1. The molecule has 0 atom stereocenters. The molecule has 2 heterocycles. The third-order valence-corrected chi connectivity index (χ3v) is 5.18. The van der Waals surface area contributed by atoms with Crippen molar-refractivity contribution in [3.63, 3.8) is 0 Å². The van der Waals surface area contributed by atoms with Crippen LogP contribution in [-0.2, 0) is 4.74 Å². The van der Waals surface area contributed by atoms with Crippen LogP contribution in [0.5, 0.6) is 5.75 Å². The van der Waals surface area contributed by atoms with Crippen LogP contribution in [0.25, 0.3) is 5.69 Å². The molecule has 1 aromatic carbocycles. The lowest BCUT2D eigenvalue weighted by molar-refractivity contribution is 0.0126. The third kappa shape index (κ3) is 5.61. The van der Waals surface area contributed by atoms with E-state index in [0.29, 0.717) is 25.9 Å². The van der Waals surface area contributed by atoms with Crippen LogP contribution in [0.1, 0.15) is 39.3 Å². The molecule has 31 heavy (non-hydrogen) atoms. The first-order valence-corrected chi connectivity index (χ1v) is 10.5. The monoisotopic (exact) mass is 492 g/mol. The summed E-state index contributed by atoms with van der Waals surface area (Å²) in [6.07, 6.45) is 0.374. The SMILES string of the molecule is CC(C)(C)OC(=O)N1CCC(Oc2cc(=O)n(-c3ccc(Br)c(F)c3)nc2C#N)CC1. The zero-order chi connectivity index (χ0) is 22.8. The summed E-state index contributed by atoms with van der Waals surface area (Å²) in [5, 5.41) is 13.5. The molecule has 2 aromatic rings. The molecule has 1 aromatic heterocycles. The summed E-state index contributed by atoms with van der Waals surface area (Å²) < 4.78 is 26.3. The van der Waals surface area contributed by atoms with Crippen LogP contribution >= 0.6 is 15.9 Å². The average molecular weight is 493 g/mol. The number of hydrogen-bond acceptors (Lipinski definition) is 6. The second kappa shape index (κ2) is 9.06. The summed E-state index contributed by atoms with van der Waals surface area (Å²) >= 11 is 3.06. The average Bonchev–Trinajstić information content (AvgIpc) is 2.69. The molecule has 0 radical (unpaired) electrons. The Balaban J connectivity index is 1.72. The summed E-state index contributed by atoms with van der Waals surface area (Å²) in [5.41, 5.74) is -1.02. The van der Waals surface area contributed by atoms with Crippen LogP contribution < -0.4 is 10.3 Å². The van der Waals surface area contributed by atoms with Crippen molar-refractivity contribution in [1.82, 2.24) is 14.7 Å². The number of nitrogens with zero attached hydrogens (tertiary/aromatic N) is 4. The number of rotatable bonds is 3. The number of aromatic nitrogens is 2. The molecular formula is C21H22BrFN4O4. The minimum Gasteiger partial charge on any atom is -0.487 e. The topological polar surface area (TPSA) is 97.4 Å². The Labute approximate surface area is 187 Å². The quantitative estimate of drug-likeness (QED) is 0.646. The van der Waals surface area contributed by atoms with Gasteiger partial charge in [0.25, 0.3) is 5.56 Å². The highest BCUT2D eigenvalue weighted by Gasteiger charge is 2.28. The predicted molar refractivity (Wildman–Crippen MR) is 114 cm³/mol. The number of ether oxygens (including phenoxy) is 2. The minimum absolute atomic E-state index is 0.0667. The molecule has 0 unspecified atom stereocenters. The molecule has 1 fully saturated rings. The molecular weight excluding hydrogens is 471 g/mol. The fourth-order valence-corrected chi connectivity index (χ4v) is 3.32. The van der Waals surface area contributed by atoms with Crippen molar-refractivity contribution in [3.8, 4) is 17.5 Å². The second-order valence-corrected chi connectivity index (χ2v) is 8.96. The molecule has 1 aliphatic heterocycles. The first-order valence-electron chi connectivity index (χ1n) is 9.72. The van der Waals surface area contributed by atoms with E-state index in [0.717, 1.165) is 10.7 Å². The van der Waals surface area contributed by atoms with E-state index in [2.05, 4.69) is 21.0 Å². The van der Waals surface area contributed by atoms with E-state index >= 15 is 0 Å². The molecule has 1 saturated heterocycles. The van der Waals surface area contributed by atoms with Crippen molar-refractivity contribution in [2.24, 2.45) is 0 Å². The largest absolute Gasteiger partial charge is 0.487 e. The van der Waals surface area contributed by atoms with Crippen molar-refractivity contribution in [3.05, 3.63) is 50.6 Å². The summed E-state index contributed by atoms with van der Waals surface area (Å²) in [5.74, 6) is -0.487. The molecule has 0 N–H and O–H groups in total. The van der Waals surface area contributed by atoms with Gasteiger partial charge in [-0.15, -0.1) is 5.10 Å². The first-order chi connectivity index (χ1) is 14.6. The van der Waals surface area contributed by atoms with Gasteiger partial charge in [-0.3, -0.25) is 4.79 Å². The number of carbonyl (C=O) groups excluding carboxylic acids is 1. The highest BCUT2D eigenvalue weighted by Crippen LogP contribution is 2.23. The van der Waals surface area contributed by atoms with Gasteiger partial charge in [-0.1, -0.05) is 0 Å². The van der Waals surface area contributed by atoms with E-state index in [1.165, 1.54) is 18.2 Å².